The number of guanidine groups is 1. The van der Waals surface area contributed by atoms with Crippen LogP contribution in [-0.4, -0.2) is 69.9 Å². The summed E-state index contributed by atoms with van der Waals surface area (Å²) in [6.45, 7) is 8.75. The van der Waals surface area contributed by atoms with E-state index in [0.717, 1.165) is 44.1 Å². The quantitative estimate of drug-likeness (QED) is 0.203. The van der Waals surface area contributed by atoms with Crippen molar-refractivity contribution >= 4 is 40.0 Å². The Morgan fingerprint density at radius 2 is 1.73 bits per heavy atom. The minimum Gasteiger partial charge on any atom is -0.357 e. The number of nitrogens with zero attached hydrogens (tertiary/aromatic N) is 3. The maximum atomic E-state index is 13.2. The summed E-state index contributed by atoms with van der Waals surface area (Å²) in [5.74, 6) is 0.732. The number of aliphatic imine (C=N–C) groups is 1. The standard InChI is InChI=1S/C21H37N5O2S.HI/c1-4-6-7-10-13-23-21(22-5-2)24-18-19-11-8-9-12-20(19)29(27,28)26-16-14-25(3)15-17-26;/h8-9,11-12H,4-7,10,13-18H2,1-3H3,(H2,22,23,24);1H. The van der Waals surface area contributed by atoms with E-state index in [1.54, 1.807) is 16.4 Å². The average Bonchev–Trinajstić information content (AvgIpc) is 2.72. The predicted octanol–water partition coefficient (Wildman–Crippen LogP) is 2.88. The maximum absolute atomic E-state index is 13.2. The van der Waals surface area contributed by atoms with Crippen LogP contribution in [0.3, 0.4) is 0 Å². The van der Waals surface area contributed by atoms with Crippen LogP contribution in [0.25, 0.3) is 0 Å². The van der Waals surface area contributed by atoms with Gasteiger partial charge in [-0.3, -0.25) is 0 Å². The van der Waals surface area contributed by atoms with E-state index < -0.39 is 10.0 Å². The van der Waals surface area contributed by atoms with E-state index in [2.05, 4.69) is 27.4 Å². The lowest BCUT2D eigenvalue weighted by Gasteiger charge is -2.32. The lowest BCUT2D eigenvalue weighted by atomic mass is 10.2. The molecular formula is C21H38IN5O2S. The second kappa shape index (κ2) is 14.2. The van der Waals surface area contributed by atoms with Crippen molar-refractivity contribution in [2.75, 3.05) is 46.3 Å². The second-order valence-electron chi connectivity index (χ2n) is 7.50. The number of hydrogen-bond acceptors (Lipinski definition) is 4. The Bertz CT molecular complexity index is 750. The first-order valence-electron chi connectivity index (χ1n) is 10.8. The van der Waals surface area contributed by atoms with Crippen molar-refractivity contribution in [3.05, 3.63) is 29.8 Å². The molecule has 1 aromatic rings. The number of likely N-dealkylation sites (N-methyl/N-ethyl adjacent to an activating group) is 1. The highest BCUT2D eigenvalue weighted by Crippen LogP contribution is 2.22. The Morgan fingerprint density at radius 1 is 1.03 bits per heavy atom. The van der Waals surface area contributed by atoms with Crippen molar-refractivity contribution in [3.63, 3.8) is 0 Å². The molecule has 0 aromatic heterocycles. The molecular weight excluding hydrogens is 513 g/mol. The van der Waals surface area contributed by atoms with Gasteiger partial charge >= 0.3 is 0 Å². The van der Waals surface area contributed by atoms with Crippen molar-refractivity contribution in [1.82, 2.24) is 19.8 Å². The van der Waals surface area contributed by atoms with Crippen molar-refractivity contribution in [2.45, 2.75) is 51.0 Å². The number of piperazine rings is 1. The van der Waals surface area contributed by atoms with Crippen LogP contribution in [-0.2, 0) is 16.6 Å². The van der Waals surface area contributed by atoms with Crippen LogP contribution in [0.5, 0.6) is 0 Å². The first-order chi connectivity index (χ1) is 14.0. The third kappa shape index (κ3) is 8.32. The van der Waals surface area contributed by atoms with Gasteiger partial charge in [-0.15, -0.1) is 24.0 Å². The fourth-order valence-electron chi connectivity index (χ4n) is 3.32. The van der Waals surface area contributed by atoms with Crippen LogP contribution >= 0.6 is 24.0 Å². The molecule has 9 heteroatoms. The third-order valence-electron chi connectivity index (χ3n) is 5.13. The summed E-state index contributed by atoms with van der Waals surface area (Å²) in [5, 5.41) is 6.59. The summed E-state index contributed by atoms with van der Waals surface area (Å²) in [7, 11) is -1.49. The molecule has 0 saturated carbocycles. The van der Waals surface area contributed by atoms with E-state index in [9.17, 15) is 8.42 Å². The Labute approximate surface area is 199 Å². The zero-order chi connectivity index (χ0) is 21.1. The number of rotatable bonds is 10. The first kappa shape index (κ1) is 27.1. The van der Waals surface area contributed by atoms with Gasteiger partial charge in [0.2, 0.25) is 10.0 Å². The minimum absolute atomic E-state index is 0. The maximum Gasteiger partial charge on any atom is 0.243 e. The summed E-state index contributed by atoms with van der Waals surface area (Å²) < 4.78 is 28.0. The molecule has 1 aliphatic heterocycles. The Hall–Kier alpha value is -0.910. The van der Waals surface area contributed by atoms with Crippen LogP contribution in [0.4, 0.5) is 0 Å². The molecule has 0 amide bonds. The second-order valence-corrected chi connectivity index (χ2v) is 9.40. The number of hydrogen-bond donors (Lipinski definition) is 2. The van der Waals surface area contributed by atoms with Gasteiger partial charge in [0.05, 0.1) is 11.4 Å². The van der Waals surface area contributed by atoms with E-state index >= 15 is 0 Å². The lowest BCUT2D eigenvalue weighted by Crippen LogP contribution is -2.47. The van der Waals surface area contributed by atoms with Gasteiger partial charge in [0.15, 0.2) is 5.96 Å². The predicted molar refractivity (Wildman–Crippen MR) is 135 cm³/mol. The lowest BCUT2D eigenvalue weighted by molar-refractivity contribution is 0.222. The Kier molecular flexibility index (Phi) is 12.8. The molecule has 30 heavy (non-hydrogen) atoms. The molecule has 0 bridgehead atoms. The zero-order valence-corrected chi connectivity index (χ0v) is 21.7. The van der Waals surface area contributed by atoms with Gasteiger partial charge in [-0.05, 0) is 32.0 Å². The zero-order valence-electron chi connectivity index (χ0n) is 18.6. The molecule has 2 N–H and O–H groups in total. The van der Waals surface area contributed by atoms with E-state index in [1.165, 1.54) is 19.3 Å². The largest absolute Gasteiger partial charge is 0.357 e. The van der Waals surface area contributed by atoms with Crippen LogP contribution in [0.2, 0.25) is 0 Å². The Balaban J connectivity index is 0.00000450. The topological polar surface area (TPSA) is 77.0 Å². The molecule has 0 spiro atoms. The van der Waals surface area contributed by atoms with Crippen LogP contribution in [0, 0.1) is 0 Å². The highest BCUT2D eigenvalue weighted by molar-refractivity contribution is 14.0. The SMILES string of the molecule is CCCCCCNC(=NCc1ccccc1S(=O)(=O)N1CCN(C)CC1)NCC.I. The van der Waals surface area contributed by atoms with Gasteiger partial charge in [0.25, 0.3) is 0 Å². The van der Waals surface area contributed by atoms with Crippen molar-refractivity contribution in [3.8, 4) is 0 Å². The summed E-state index contributed by atoms with van der Waals surface area (Å²) in [6, 6.07) is 7.22. The monoisotopic (exact) mass is 551 g/mol. The van der Waals surface area contributed by atoms with Gasteiger partial charge in [0.1, 0.15) is 0 Å². The highest BCUT2D eigenvalue weighted by atomic mass is 127. The van der Waals surface area contributed by atoms with Gasteiger partial charge in [0, 0.05) is 39.3 Å². The molecule has 1 heterocycles. The number of benzene rings is 1. The normalized spacial score (nSPS) is 16.2. The molecule has 172 valence electrons. The molecule has 2 rings (SSSR count). The van der Waals surface area contributed by atoms with Gasteiger partial charge in [-0.1, -0.05) is 44.4 Å². The summed E-state index contributed by atoms with van der Waals surface area (Å²) in [6.07, 6.45) is 4.77. The van der Waals surface area contributed by atoms with E-state index in [-0.39, 0.29) is 24.0 Å². The fourth-order valence-corrected chi connectivity index (χ4v) is 4.95. The van der Waals surface area contributed by atoms with E-state index in [0.29, 0.717) is 24.5 Å². The summed E-state index contributed by atoms with van der Waals surface area (Å²) in [4.78, 5) is 7.15. The van der Waals surface area contributed by atoms with Gasteiger partial charge < -0.3 is 15.5 Å². The van der Waals surface area contributed by atoms with Crippen molar-refractivity contribution in [2.24, 2.45) is 4.99 Å². The van der Waals surface area contributed by atoms with Crippen molar-refractivity contribution in [1.29, 1.82) is 0 Å². The smallest absolute Gasteiger partial charge is 0.243 e. The average molecular weight is 552 g/mol. The molecule has 0 atom stereocenters. The van der Waals surface area contributed by atoms with E-state index in [1.807, 2.05) is 26.1 Å². The molecule has 0 aliphatic carbocycles. The summed E-state index contributed by atoms with van der Waals surface area (Å²) in [5.41, 5.74) is 0.731. The van der Waals surface area contributed by atoms with E-state index in [4.69, 9.17) is 0 Å². The highest BCUT2D eigenvalue weighted by Gasteiger charge is 2.29. The van der Waals surface area contributed by atoms with Gasteiger partial charge in [-0.25, -0.2) is 13.4 Å². The molecule has 1 aromatic carbocycles. The van der Waals surface area contributed by atoms with Crippen LogP contribution in [0.1, 0.15) is 45.1 Å². The van der Waals surface area contributed by atoms with Crippen LogP contribution in [0.15, 0.2) is 34.2 Å². The third-order valence-corrected chi connectivity index (χ3v) is 7.13. The fraction of sp³-hybridized carbons (Fsp3) is 0.667. The first-order valence-corrected chi connectivity index (χ1v) is 12.2. The Morgan fingerprint density at radius 3 is 2.40 bits per heavy atom. The molecule has 1 fully saturated rings. The number of sulfonamides is 1. The molecule has 1 saturated heterocycles. The van der Waals surface area contributed by atoms with Gasteiger partial charge in [-0.2, -0.15) is 4.31 Å². The molecule has 0 unspecified atom stereocenters. The van der Waals surface area contributed by atoms with Crippen LogP contribution < -0.4 is 10.6 Å². The number of halogens is 1. The molecule has 1 aliphatic rings. The minimum atomic E-state index is -3.51. The number of nitrogens with one attached hydrogen (secondary N) is 2. The van der Waals surface area contributed by atoms with Crippen molar-refractivity contribution < 1.29 is 8.42 Å². The molecule has 7 nitrogen and oxygen atoms in total. The number of unbranched alkanes of at least 4 members (excludes halogenated alkanes) is 3. The molecule has 0 radical (unpaired) electrons. The summed E-state index contributed by atoms with van der Waals surface area (Å²) >= 11 is 0.